The highest BCUT2D eigenvalue weighted by Crippen LogP contribution is 2.21. The predicted molar refractivity (Wildman–Crippen MR) is 43.8 cm³/mol. The Labute approximate surface area is 66.6 Å². The standard InChI is InChI=1S/C6H8Br2/c7-5-1-2-6(8)4-3-5/h1-2,5-6H,3-4H2/t5-,6-/m1/s1. The molecule has 0 aromatic carbocycles. The molecule has 0 aliphatic heterocycles. The Kier molecular flexibility index (Phi) is 2.57. The molecule has 0 fully saturated rings. The average molecular weight is 240 g/mol. The van der Waals surface area contributed by atoms with Crippen molar-refractivity contribution in [3.63, 3.8) is 0 Å². The first-order valence-corrected chi connectivity index (χ1v) is 4.58. The molecule has 0 N–H and O–H groups in total. The molecular formula is C6H8Br2. The molecule has 0 aromatic heterocycles. The first-order valence-electron chi connectivity index (χ1n) is 2.75. The molecule has 2 heteroatoms. The summed E-state index contributed by atoms with van der Waals surface area (Å²) in [6.07, 6.45) is 6.91. The van der Waals surface area contributed by atoms with E-state index in [1.807, 2.05) is 0 Å². The van der Waals surface area contributed by atoms with E-state index in [0.717, 1.165) is 0 Å². The Balaban J connectivity index is 2.42. The summed E-state index contributed by atoms with van der Waals surface area (Å²) < 4.78 is 0. The minimum atomic E-state index is 0.622. The number of allylic oxidation sites excluding steroid dienone is 2. The van der Waals surface area contributed by atoms with Gasteiger partial charge >= 0.3 is 0 Å². The summed E-state index contributed by atoms with van der Waals surface area (Å²) >= 11 is 7.02. The average Bonchev–Trinajstić information content (AvgIpc) is 1.77. The lowest BCUT2D eigenvalue weighted by Crippen LogP contribution is -2.05. The van der Waals surface area contributed by atoms with Crippen LogP contribution >= 0.6 is 31.9 Å². The van der Waals surface area contributed by atoms with Gasteiger partial charge in [-0.3, -0.25) is 0 Å². The zero-order valence-electron chi connectivity index (χ0n) is 4.48. The Morgan fingerprint density at radius 2 is 1.38 bits per heavy atom. The molecule has 0 saturated heterocycles. The van der Waals surface area contributed by atoms with Crippen LogP contribution in [0.3, 0.4) is 0 Å². The van der Waals surface area contributed by atoms with E-state index in [2.05, 4.69) is 44.0 Å². The maximum Gasteiger partial charge on any atom is 0.0326 e. The van der Waals surface area contributed by atoms with Gasteiger partial charge in [-0.2, -0.15) is 0 Å². The largest absolute Gasteiger partial charge is 0.0845 e. The fourth-order valence-corrected chi connectivity index (χ4v) is 1.63. The molecule has 1 aliphatic carbocycles. The van der Waals surface area contributed by atoms with Crippen molar-refractivity contribution < 1.29 is 0 Å². The van der Waals surface area contributed by atoms with E-state index >= 15 is 0 Å². The summed E-state index contributed by atoms with van der Waals surface area (Å²) in [6.45, 7) is 0. The SMILES string of the molecule is Br[C@@H]1C=C[C@@H](Br)CC1. The molecule has 0 radical (unpaired) electrons. The Bertz CT molecular complexity index is 86.7. The van der Waals surface area contributed by atoms with Crippen molar-refractivity contribution in [2.75, 3.05) is 0 Å². The van der Waals surface area contributed by atoms with E-state index in [-0.39, 0.29) is 0 Å². The summed E-state index contributed by atoms with van der Waals surface area (Å²) in [7, 11) is 0. The van der Waals surface area contributed by atoms with Gasteiger partial charge in [-0.1, -0.05) is 44.0 Å². The molecule has 1 rings (SSSR count). The molecule has 0 bridgehead atoms. The van der Waals surface area contributed by atoms with E-state index in [1.165, 1.54) is 12.8 Å². The molecular weight excluding hydrogens is 232 g/mol. The van der Waals surface area contributed by atoms with Crippen LogP contribution < -0.4 is 0 Å². The second-order valence-electron chi connectivity index (χ2n) is 1.99. The van der Waals surface area contributed by atoms with Gasteiger partial charge in [-0.25, -0.2) is 0 Å². The monoisotopic (exact) mass is 238 g/mol. The van der Waals surface area contributed by atoms with Crippen LogP contribution in [0.2, 0.25) is 0 Å². The highest BCUT2D eigenvalue weighted by molar-refractivity contribution is 9.10. The fraction of sp³-hybridized carbons (Fsp3) is 0.667. The highest BCUT2D eigenvalue weighted by atomic mass is 79.9. The number of halogens is 2. The molecule has 0 nitrogen and oxygen atoms in total. The highest BCUT2D eigenvalue weighted by Gasteiger charge is 2.09. The third-order valence-electron chi connectivity index (χ3n) is 1.25. The zero-order valence-corrected chi connectivity index (χ0v) is 7.65. The predicted octanol–water partition coefficient (Wildman–Crippen LogP) is 2.86. The van der Waals surface area contributed by atoms with E-state index in [9.17, 15) is 0 Å². The quantitative estimate of drug-likeness (QED) is 0.451. The van der Waals surface area contributed by atoms with Crippen LogP contribution in [0.1, 0.15) is 12.8 Å². The van der Waals surface area contributed by atoms with Crippen molar-refractivity contribution in [3.05, 3.63) is 12.2 Å². The second kappa shape index (κ2) is 3.02. The first-order chi connectivity index (χ1) is 3.79. The lowest BCUT2D eigenvalue weighted by Gasteiger charge is -2.12. The van der Waals surface area contributed by atoms with Crippen molar-refractivity contribution in [1.82, 2.24) is 0 Å². The first kappa shape index (κ1) is 6.81. The summed E-state index contributed by atoms with van der Waals surface area (Å²) in [5, 5.41) is 0. The molecule has 0 spiro atoms. The normalized spacial score (nSPS) is 37.8. The van der Waals surface area contributed by atoms with Gasteiger partial charge in [0, 0.05) is 9.65 Å². The Morgan fingerprint density at radius 3 is 1.62 bits per heavy atom. The van der Waals surface area contributed by atoms with Gasteiger partial charge in [0.2, 0.25) is 0 Å². The van der Waals surface area contributed by atoms with Crippen LogP contribution in [0.25, 0.3) is 0 Å². The number of hydrogen-bond acceptors (Lipinski definition) is 0. The number of alkyl halides is 2. The Hall–Kier alpha value is 0.700. The van der Waals surface area contributed by atoms with Crippen molar-refractivity contribution in [2.24, 2.45) is 0 Å². The van der Waals surface area contributed by atoms with Crippen molar-refractivity contribution in [2.45, 2.75) is 22.5 Å². The van der Waals surface area contributed by atoms with Gasteiger partial charge in [-0.05, 0) is 12.8 Å². The maximum atomic E-state index is 3.51. The van der Waals surface area contributed by atoms with Gasteiger partial charge in [0.05, 0.1) is 0 Å². The van der Waals surface area contributed by atoms with Crippen LogP contribution in [0.5, 0.6) is 0 Å². The molecule has 0 amide bonds. The fourth-order valence-electron chi connectivity index (χ4n) is 0.752. The van der Waals surface area contributed by atoms with Gasteiger partial charge in [-0.15, -0.1) is 0 Å². The van der Waals surface area contributed by atoms with Gasteiger partial charge in [0.15, 0.2) is 0 Å². The minimum absolute atomic E-state index is 0.622. The zero-order chi connectivity index (χ0) is 5.98. The summed E-state index contributed by atoms with van der Waals surface area (Å²) in [4.78, 5) is 1.24. The molecule has 0 saturated carbocycles. The van der Waals surface area contributed by atoms with E-state index < -0.39 is 0 Å². The van der Waals surface area contributed by atoms with Gasteiger partial charge < -0.3 is 0 Å². The second-order valence-corrected chi connectivity index (χ2v) is 4.35. The molecule has 1 aliphatic rings. The summed E-state index contributed by atoms with van der Waals surface area (Å²) in [5.41, 5.74) is 0. The van der Waals surface area contributed by atoms with Crippen molar-refractivity contribution >= 4 is 31.9 Å². The third kappa shape index (κ3) is 1.90. The molecule has 0 heterocycles. The molecule has 46 valence electrons. The molecule has 0 unspecified atom stereocenters. The van der Waals surface area contributed by atoms with E-state index in [1.54, 1.807) is 0 Å². The number of hydrogen-bond donors (Lipinski definition) is 0. The maximum absolute atomic E-state index is 3.51. The molecule has 8 heavy (non-hydrogen) atoms. The summed E-state index contributed by atoms with van der Waals surface area (Å²) in [5.74, 6) is 0. The van der Waals surface area contributed by atoms with Crippen LogP contribution in [-0.4, -0.2) is 9.65 Å². The lowest BCUT2D eigenvalue weighted by molar-refractivity contribution is 0.765. The van der Waals surface area contributed by atoms with Gasteiger partial charge in [0.1, 0.15) is 0 Å². The minimum Gasteiger partial charge on any atom is -0.0845 e. The van der Waals surface area contributed by atoms with Crippen LogP contribution in [-0.2, 0) is 0 Å². The smallest absolute Gasteiger partial charge is 0.0326 e. The van der Waals surface area contributed by atoms with E-state index in [4.69, 9.17) is 0 Å². The summed E-state index contributed by atoms with van der Waals surface area (Å²) in [6, 6.07) is 0. The molecule has 2 atom stereocenters. The van der Waals surface area contributed by atoms with Crippen molar-refractivity contribution in [1.29, 1.82) is 0 Å². The van der Waals surface area contributed by atoms with E-state index in [0.29, 0.717) is 9.65 Å². The van der Waals surface area contributed by atoms with Crippen molar-refractivity contribution in [3.8, 4) is 0 Å². The molecule has 0 aromatic rings. The number of rotatable bonds is 0. The van der Waals surface area contributed by atoms with Crippen LogP contribution in [0, 0.1) is 0 Å². The van der Waals surface area contributed by atoms with Gasteiger partial charge in [0.25, 0.3) is 0 Å². The van der Waals surface area contributed by atoms with Crippen LogP contribution in [0.4, 0.5) is 0 Å². The Morgan fingerprint density at radius 1 is 1.00 bits per heavy atom. The lowest BCUT2D eigenvalue weighted by atomic mass is 10.1. The topological polar surface area (TPSA) is 0 Å². The van der Waals surface area contributed by atoms with Crippen LogP contribution in [0.15, 0.2) is 12.2 Å². The third-order valence-corrected chi connectivity index (χ3v) is 2.77.